The summed E-state index contributed by atoms with van der Waals surface area (Å²) in [5, 5.41) is 8.89. The predicted octanol–water partition coefficient (Wildman–Crippen LogP) is 3.21. The van der Waals surface area contributed by atoms with Gasteiger partial charge in [0.2, 0.25) is 0 Å². The second kappa shape index (κ2) is 4.30. The van der Waals surface area contributed by atoms with Crippen molar-refractivity contribution < 1.29 is 8.78 Å². The molecule has 0 fully saturated rings. The highest BCUT2D eigenvalue weighted by molar-refractivity contribution is 5.69. The lowest BCUT2D eigenvalue weighted by Crippen LogP contribution is -1.92. The lowest BCUT2D eigenvalue weighted by Gasteiger charge is -2.05. The molecule has 0 saturated carbocycles. The molecular weight excluding hydrogens is 222 g/mol. The van der Waals surface area contributed by atoms with Crippen LogP contribution in [-0.2, 0) is 0 Å². The molecule has 0 aliphatic heterocycles. The van der Waals surface area contributed by atoms with Gasteiger partial charge >= 0.3 is 0 Å². The first-order valence-electron chi connectivity index (χ1n) is 4.94. The molecule has 0 atom stereocenters. The number of hydrogen-bond acceptors (Lipinski definition) is 2. The van der Waals surface area contributed by atoms with Gasteiger partial charge in [0, 0.05) is 23.0 Å². The fraction of sp³-hybridized carbons (Fsp3) is 0.0769. The van der Waals surface area contributed by atoms with E-state index in [-0.39, 0.29) is 5.56 Å². The van der Waals surface area contributed by atoms with Gasteiger partial charge in [-0.25, -0.2) is 8.78 Å². The van der Waals surface area contributed by atoms with Crippen LogP contribution in [0.3, 0.4) is 0 Å². The van der Waals surface area contributed by atoms with Gasteiger partial charge in [0.15, 0.2) is 11.6 Å². The summed E-state index contributed by atoms with van der Waals surface area (Å²) in [7, 11) is 0. The molecular formula is C13H8F2N2. The second-order valence-electron chi connectivity index (χ2n) is 3.61. The predicted molar refractivity (Wildman–Crippen MR) is 59.0 cm³/mol. The minimum absolute atomic E-state index is 0.0922. The molecule has 2 rings (SSSR count). The zero-order valence-corrected chi connectivity index (χ0v) is 9.04. The van der Waals surface area contributed by atoms with E-state index in [1.807, 2.05) is 13.0 Å². The third-order valence-corrected chi connectivity index (χ3v) is 2.40. The highest BCUT2D eigenvalue weighted by Gasteiger charge is 2.11. The van der Waals surface area contributed by atoms with Crippen molar-refractivity contribution in [3.05, 3.63) is 53.4 Å². The Kier molecular flexibility index (Phi) is 2.84. The molecule has 0 aliphatic carbocycles. The van der Waals surface area contributed by atoms with E-state index in [0.29, 0.717) is 11.1 Å². The molecule has 0 radical (unpaired) electrons. The summed E-state index contributed by atoms with van der Waals surface area (Å²) in [5.74, 6) is -2.00. The fourth-order valence-corrected chi connectivity index (χ4v) is 1.51. The number of aryl methyl sites for hydroxylation is 1. The third kappa shape index (κ3) is 2.13. The Labute approximate surface area is 97.2 Å². The van der Waals surface area contributed by atoms with E-state index in [9.17, 15) is 8.78 Å². The summed E-state index contributed by atoms with van der Waals surface area (Å²) in [4.78, 5) is 4.06. The summed E-state index contributed by atoms with van der Waals surface area (Å²) < 4.78 is 26.1. The van der Waals surface area contributed by atoms with E-state index in [0.717, 1.165) is 17.8 Å². The maximum Gasteiger partial charge on any atom is 0.160 e. The van der Waals surface area contributed by atoms with E-state index in [4.69, 9.17) is 5.26 Å². The number of aromatic nitrogens is 1. The molecule has 1 heterocycles. The van der Waals surface area contributed by atoms with Gasteiger partial charge in [0.05, 0.1) is 11.6 Å². The summed E-state index contributed by atoms with van der Waals surface area (Å²) in [5.41, 5.74) is 1.84. The van der Waals surface area contributed by atoms with Crippen molar-refractivity contribution >= 4 is 0 Å². The molecule has 2 aromatic rings. The van der Waals surface area contributed by atoms with E-state index < -0.39 is 11.6 Å². The van der Waals surface area contributed by atoms with Gasteiger partial charge in [-0.15, -0.1) is 0 Å². The molecule has 0 N–H and O–H groups in total. The first-order chi connectivity index (χ1) is 8.11. The highest BCUT2D eigenvalue weighted by atomic mass is 19.2. The zero-order valence-electron chi connectivity index (χ0n) is 9.04. The van der Waals surface area contributed by atoms with Gasteiger partial charge in [0.25, 0.3) is 0 Å². The maximum absolute atomic E-state index is 13.2. The Morgan fingerprint density at radius 1 is 1.18 bits per heavy atom. The van der Waals surface area contributed by atoms with Crippen LogP contribution in [0.4, 0.5) is 8.78 Å². The quantitative estimate of drug-likeness (QED) is 0.754. The molecule has 0 bridgehead atoms. The van der Waals surface area contributed by atoms with Crippen molar-refractivity contribution in [1.82, 2.24) is 4.98 Å². The first kappa shape index (κ1) is 11.2. The largest absolute Gasteiger partial charge is 0.261 e. The molecule has 84 valence electrons. The van der Waals surface area contributed by atoms with Gasteiger partial charge in [0.1, 0.15) is 0 Å². The van der Waals surface area contributed by atoms with E-state index in [1.165, 1.54) is 6.20 Å². The van der Waals surface area contributed by atoms with Gasteiger partial charge in [-0.05, 0) is 25.1 Å². The summed E-state index contributed by atoms with van der Waals surface area (Å²) in [6, 6.07) is 7.22. The summed E-state index contributed by atoms with van der Waals surface area (Å²) in [6.45, 7) is 1.82. The van der Waals surface area contributed by atoms with Crippen LogP contribution in [-0.4, -0.2) is 4.98 Å². The Morgan fingerprint density at radius 3 is 2.47 bits per heavy atom. The monoisotopic (exact) mass is 230 g/mol. The van der Waals surface area contributed by atoms with Crippen molar-refractivity contribution in [2.75, 3.05) is 0 Å². The first-order valence-corrected chi connectivity index (χ1v) is 4.94. The van der Waals surface area contributed by atoms with Gasteiger partial charge in [-0.2, -0.15) is 5.26 Å². The molecule has 1 aromatic carbocycles. The molecule has 4 heteroatoms. The van der Waals surface area contributed by atoms with E-state index >= 15 is 0 Å². The van der Waals surface area contributed by atoms with E-state index in [2.05, 4.69) is 4.98 Å². The number of halogens is 2. The number of hydrogen-bond donors (Lipinski definition) is 0. The van der Waals surface area contributed by atoms with Crippen LogP contribution in [0.1, 0.15) is 11.3 Å². The lowest BCUT2D eigenvalue weighted by atomic mass is 10.0. The van der Waals surface area contributed by atoms with Crippen LogP contribution in [0.25, 0.3) is 11.1 Å². The normalized spacial score (nSPS) is 10.0. The minimum Gasteiger partial charge on any atom is -0.261 e. The number of nitrogens with zero attached hydrogens (tertiary/aromatic N) is 2. The van der Waals surface area contributed by atoms with Crippen LogP contribution in [0.2, 0.25) is 0 Å². The second-order valence-corrected chi connectivity index (χ2v) is 3.61. The SMILES string of the molecule is Cc1ccc(-c2cc(F)c(F)cc2C#N)cn1. The molecule has 1 aromatic heterocycles. The number of pyridine rings is 1. The van der Waals surface area contributed by atoms with Crippen molar-refractivity contribution in [3.8, 4) is 17.2 Å². The number of benzene rings is 1. The van der Waals surface area contributed by atoms with Crippen molar-refractivity contribution in [2.24, 2.45) is 0 Å². The maximum atomic E-state index is 13.2. The van der Waals surface area contributed by atoms with Crippen molar-refractivity contribution in [3.63, 3.8) is 0 Å². The summed E-state index contributed by atoms with van der Waals surface area (Å²) >= 11 is 0. The standard InChI is InChI=1S/C13H8F2N2/c1-8-2-3-9(7-17-8)11-5-13(15)12(14)4-10(11)6-16/h2-5,7H,1H3. The van der Waals surface area contributed by atoms with Gasteiger partial charge in [-0.1, -0.05) is 6.07 Å². The number of rotatable bonds is 1. The average Bonchev–Trinajstić information content (AvgIpc) is 2.33. The molecule has 0 saturated heterocycles. The number of nitriles is 1. The lowest BCUT2D eigenvalue weighted by molar-refractivity contribution is 0.508. The van der Waals surface area contributed by atoms with Crippen LogP contribution in [0.15, 0.2) is 30.5 Å². The molecule has 17 heavy (non-hydrogen) atoms. The molecule has 0 aliphatic rings. The molecule has 0 unspecified atom stereocenters. The summed E-state index contributed by atoms with van der Waals surface area (Å²) in [6.07, 6.45) is 1.53. The van der Waals surface area contributed by atoms with Crippen LogP contribution >= 0.6 is 0 Å². The highest BCUT2D eigenvalue weighted by Crippen LogP contribution is 2.25. The molecule has 0 spiro atoms. The Morgan fingerprint density at radius 2 is 1.88 bits per heavy atom. The molecule has 2 nitrogen and oxygen atoms in total. The smallest absolute Gasteiger partial charge is 0.160 e. The van der Waals surface area contributed by atoms with Crippen molar-refractivity contribution in [1.29, 1.82) is 5.26 Å². The van der Waals surface area contributed by atoms with E-state index in [1.54, 1.807) is 12.1 Å². The van der Waals surface area contributed by atoms with Crippen LogP contribution in [0, 0.1) is 29.9 Å². The average molecular weight is 230 g/mol. The Hall–Kier alpha value is -2.28. The van der Waals surface area contributed by atoms with Crippen LogP contribution < -0.4 is 0 Å². The minimum atomic E-state index is -1.02. The Balaban J connectivity index is 2.63. The topological polar surface area (TPSA) is 36.7 Å². The fourth-order valence-electron chi connectivity index (χ4n) is 1.51. The van der Waals surface area contributed by atoms with Crippen molar-refractivity contribution in [2.45, 2.75) is 6.92 Å². The Bertz CT molecular complexity index is 598. The van der Waals surface area contributed by atoms with Gasteiger partial charge in [-0.3, -0.25) is 4.98 Å². The van der Waals surface area contributed by atoms with Gasteiger partial charge < -0.3 is 0 Å². The van der Waals surface area contributed by atoms with Crippen LogP contribution in [0.5, 0.6) is 0 Å². The zero-order chi connectivity index (χ0) is 12.4. The third-order valence-electron chi connectivity index (χ3n) is 2.40. The molecule has 0 amide bonds.